The minimum atomic E-state index is -0.518. The highest BCUT2D eigenvalue weighted by atomic mass is 16.5. The van der Waals surface area contributed by atoms with Gasteiger partial charge in [0.1, 0.15) is 13.1 Å². The van der Waals surface area contributed by atoms with Crippen LogP contribution in [0.4, 0.5) is 5.95 Å². The summed E-state index contributed by atoms with van der Waals surface area (Å²) >= 11 is 0. The van der Waals surface area contributed by atoms with Gasteiger partial charge in [0.15, 0.2) is 0 Å². The van der Waals surface area contributed by atoms with E-state index < -0.39 is 11.9 Å². The van der Waals surface area contributed by atoms with Gasteiger partial charge in [0, 0.05) is 12.3 Å². The Kier molecular flexibility index (Phi) is 5.52. The third kappa shape index (κ3) is 4.41. The Bertz CT molecular complexity index is 434. The van der Waals surface area contributed by atoms with Crippen molar-refractivity contribution in [2.24, 2.45) is 0 Å². The molecule has 0 aliphatic heterocycles. The fraction of sp³-hybridized carbons (Fsp3) is 0.455. The molecule has 0 saturated heterocycles. The zero-order valence-electron chi connectivity index (χ0n) is 11.0. The SMILES string of the molecule is COC(=O)CN(CC(=O)OC)c1nccc(OC)n1. The van der Waals surface area contributed by atoms with Crippen LogP contribution >= 0.6 is 0 Å². The zero-order valence-corrected chi connectivity index (χ0v) is 11.0. The molecule has 8 heteroatoms. The number of hydrogen-bond acceptors (Lipinski definition) is 8. The van der Waals surface area contributed by atoms with Crippen LogP contribution in [0.25, 0.3) is 0 Å². The molecule has 0 N–H and O–H groups in total. The molecule has 0 fully saturated rings. The fourth-order valence-electron chi connectivity index (χ4n) is 1.24. The highest BCUT2D eigenvalue weighted by Crippen LogP contribution is 2.12. The number of carbonyl (C=O) groups excluding carboxylic acids is 2. The van der Waals surface area contributed by atoms with Gasteiger partial charge in [-0.15, -0.1) is 0 Å². The van der Waals surface area contributed by atoms with Gasteiger partial charge in [-0.05, 0) is 0 Å². The van der Waals surface area contributed by atoms with E-state index in [9.17, 15) is 9.59 Å². The lowest BCUT2D eigenvalue weighted by Crippen LogP contribution is -2.36. The molecule has 1 aromatic heterocycles. The van der Waals surface area contributed by atoms with E-state index >= 15 is 0 Å². The number of rotatable bonds is 6. The Morgan fingerprint density at radius 1 is 1.16 bits per heavy atom. The molecule has 0 atom stereocenters. The lowest BCUT2D eigenvalue weighted by Gasteiger charge is -2.19. The molecule has 8 nitrogen and oxygen atoms in total. The maximum Gasteiger partial charge on any atom is 0.325 e. The van der Waals surface area contributed by atoms with E-state index in [1.807, 2.05) is 0 Å². The molecule has 0 aromatic carbocycles. The van der Waals surface area contributed by atoms with Crippen LogP contribution in [-0.2, 0) is 19.1 Å². The quantitative estimate of drug-likeness (QED) is 0.646. The van der Waals surface area contributed by atoms with E-state index in [0.717, 1.165) is 0 Å². The highest BCUT2D eigenvalue weighted by Gasteiger charge is 2.18. The van der Waals surface area contributed by atoms with Crippen LogP contribution < -0.4 is 9.64 Å². The second-order valence-electron chi connectivity index (χ2n) is 3.41. The van der Waals surface area contributed by atoms with Crippen molar-refractivity contribution >= 4 is 17.9 Å². The molecule has 0 amide bonds. The van der Waals surface area contributed by atoms with Crippen LogP contribution in [0.3, 0.4) is 0 Å². The first kappa shape index (κ1) is 14.7. The second-order valence-corrected chi connectivity index (χ2v) is 3.41. The summed E-state index contributed by atoms with van der Waals surface area (Å²) in [5, 5.41) is 0. The Morgan fingerprint density at radius 2 is 1.74 bits per heavy atom. The van der Waals surface area contributed by atoms with Gasteiger partial charge in [-0.1, -0.05) is 0 Å². The third-order valence-electron chi connectivity index (χ3n) is 2.20. The number of carbonyl (C=O) groups is 2. The lowest BCUT2D eigenvalue weighted by atomic mass is 10.4. The topological polar surface area (TPSA) is 90.9 Å². The summed E-state index contributed by atoms with van der Waals surface area (Å²) in [6, 6.07) is 1.55. The summed E-state index contributed by atoms with van der Waals surface area (Å²) in [4.78, 5) is 32.0. The van der Waals surface area contributed by atoms with E-state index in [0.29, 0.717) is 5.88 Å². The molecular formula is C11H15N3O5. The molecular weight excluding hydrogens is 254 g/mol. The van der Waals surface area contributed by atoms with E-state index in [1.165, 1.54) is 32.4 Å². The van der Waals surface area contributed by atoms with Crippen LogP contribution in [0, 0.1) is 0 Å². The van der Waals surface area contributed by atoms with Crippen LogP contribution in [0.1, 0.15) is 0 Å². The molecule has 0 bridgehead atoms. The van der Waals surface area contributed by atoms with Crippen molar-refractivity contribution in [3.05, 3.63) is 12.3 Å². The van der Waals surface area contributed by atoms with Crippen molar-refractivity contribution < 1.29 is 23.8 Å². The van der Waals surface area contributed by atoms with Crippen LogP contribution in [0.15, 0.2) is 12.3 Å². The van der Waals surface area contributed by atoms with Crippen molar-refractivity contribution in [1.29, 1.82) is 0 Å². The Morgan fingerprint density at radius 3 is 2.21 bits per heavy atom. The smallest absolute Gasteiger partial charge is 0.325 e. The number of esters is 2. The number of methoxy groups -OCH3 is 3. The third-order valence-corrected chi connectivity index (χ3v) is 2.20. The zero-order chi connectivity index (χ0) is 14.3. The molecule has 0 aliphatic carbocycles. The van der Waals surface area contributed by atoms with E-state index in [2.05, 4.69) is 19.4 Å². The monoisotopic (exact) mass is 269 g/mol. The van der Waals surface area contributed by atoms with Crippen LogP contribution in [0.5, 0.6) is 5.88 Å². The van der Waals surface area contributed by atoms with Gasteiger partial charge in [0.25, 0.3) is 0 Å². The van der Waals surface area contributed by atoms with Gasteiger partial charge in [-0.25, -0.2) is 4.98 Å². The molecule has 0 saturated carbocycles. The molecule has 0 unspecified atom stereocenters. The van der Waals surface area contributed by atoms with Gasteiger partial charge in [0.2, 0.25) is 11.8 Å². The minimum absolute atomic E-state index is 0.168. The maximum absolute atomic E-state index is 11.3. The number of aromatic nitrogens is 2. The Balaban J connectivity index is 2.92. The van der Waals surface area contributed by atoms with E-state index in [4.69, 9.17) is 4.74 Å². The number of ether oxygens (including phenoxy) is 3. The Hall–Kier alpha value is -2.38. The number of hydrogen-bond donors (Lipinski definition) is 0. The van der Waals surface area contributed by atoms with Crippen LogP contribution in [0.2, 0.25) is 0 Å². The average molecular weight is 269 g/mol. The van der Waals surface area contributed by atoms with Gasteiger partial charge in [-0.3, -0.25) is 9.59 Å². The van der Waals surface area contributed by atoms with Crippen molar-refractivity contribution in [1.82, 2.24) is 9.97 Å². The van der Waals surface area contributed by atoms with Crippen LogP contribution in [-0.4, -0.2) is 56.3 Å². The predicted octanol–water partition coefficient (Wildman–Crippen LogP) is -0.362. The lowest BCUT2D eigenvalue weighted by molar-refractivity contribution is -0.140. The first-order valence-electron chi connectivity index (χ1n) is 5.36. The number of nitrogens with zero attached hydrogens (tertiary/aromatic N) is 3. The summed E-state index contributed by atoms with van der Waals surface area (Å²) in [7, 11) is 3.97. The number of anilines is 1. The van der Waals surface area contributed by atoms with E-state index in [-0.39, 0.29) is 19.0 Å². The van der Waals surface area contributed by atoms with Gasteiger partial charge >= 0.3 is 11.9 Å². The molecule has 19 heavy (non-hydrogen) atoms. The largest absolute Gasteiger partial charge is 0.481 e. The van der Waals surface area contributed by atoms with Crippen molar-refractivity contribution in [3.63, 3.8) is 0 Å². The molecule has 104 valence electrons. The summed E-state index contributed by atoms with van der Waals surface area (Å²) in [6.45, 7) is -0.336. The molecule has 0 aliphatic rings. The second kappa shape index (κ2) is 7.14. The first-order valence-corrected chi connectivity index (χ1v) is 5.36. The van der Waals surface area contributed by atoms with Gasteiger partial charge in [0.05, 0.1) is 21.3 Å². The Labute approximate surface area is 110 Å². The normalized spacial score (nSPS) is 9.63. The molecule has 1 aromatic rings. The van der Waals surface area contributed by atoms with Gasteiger partial charge in [-0.2, -0.15) is 4.98 Å². The van der Waals surface area contributed by atoms with Gasteiger partial charge < -0.3 is 19.1 Å². The van der Waals surface area contributed by atoms with E-state index in [1.54, 1.807) is 6.07 Å². The predicted molar refractivity (Wildman–Crippen MR) is 64.8 cm³/mol. The van der Waals surface area contributed by atoms with Crippen molar-refractivity contribution in [2.45, 2.75) is 0 Å². The highest BCUT2D eigenvalue weighted by molar-refractivity contribution is 5.80. The van der Waals surface area contributed by atoms with Crippen molar-refractivity contribution in [3.8, 4) is 5.88 Å². The fourth-order valence-corrected chi connectivity index (χ4v) is 1.24. The minimum Gasteiger partial charge on any atom is -0.481 e. The molecule has 0 spiro atoms. The summed E-state index contributed by atoms with van der Waals surface area (Å²) < 4.78 is 14.1. The van der Waals surface area contributed by atoms with Crippen molar-refractivity contribution in [2.75, 3.05) is 39.3 Å². The summed E-state index contributed by atoms with van der Waals surface area (Å²) in [5.74, 6) is -0.537. The molecule has 1 rings (SSSR count). The maximum atomic E-state index is 11.3. The summed E-state index contributed by atoms with van der Waals surface area (Å²) in [5.41, 5.74) is 0. The summed E-state index contributed by atoms with van der Waals surface area (Å²) in [6.07, 6.45) is 1.46. The average Bonchev–Trinajstić information content (AvgIpc) is 2.46. The molecule has 1 heterocycles. The first-order chi connectivity index (χ1) is 9.10. The standard InChI is InChI=1S/C11H15N3O5/c1-17-8-4-5-12-11(13-8)14(6-9(15)18-2)7-10(16)19-3/h4-5H,6-7H2,1-3H3. The molecule has 0 radical (unpaired) electrons.